The molecule has 0 aliphatic rings. The molecule has 0 aliphatic carbocycles. The summed E-state index contributed by atoms with van der Waals surface area (Å²) >= 11 is 12.8. The lowest BCUT2D eigenvalue weighted by molar-refractivity contribution is 0.0966. The van der Waals surface area contributed by atoms with Gasteiger partial charge in [-0.3, -0.25) is 15.1 Å². The van der Waals surface area contributed by atoms with Gasteiger partial charge < -0.3 is 5.32 Å². The summed E-state index contributed by atoms with van der Waals surface area (Å²) in [6, 6.07) is 1.86. The first-order valence-electron chi connectivity index (χ1n) is 7.83. The molecule has 6 nitrogen and oxygen atoms in total. The maximum absolute atomic E-state index is 13.5. The summed E-state index contributed by atoms with van der Waals surface area (Å²) in [5.74, 6) is -1.77. The number of urea groups is 1. The molecule has 0 radical (unpaired) electrons. The quantitative estimate of drug-likeness (QED) is 0.524. The van der Waals surface area contributed by atoms with Gasteiger partial charge in [-0.1, -0.05) is 37.0 Å². The summed E-state index contributed by atoms with van der Waals surface area (Å²) in [5.41, 5.74) is 1.73. The third kappa shape index (κ3) is 5.09. The first-order valence-corrected chi connectivity index (χ1v) is 9.81. The van der Waals surface area contributed by atoms with Crippen LogP contribution in [-0.2, 0) is 0 Å². The smallest absolute Gasteiger partial charge is 0.305 e. The number of hydrogen-bond acceptors (Lipinski definition) is 5. The van der Waals surface area contributed by atoms with Crippen molar-refractivity contribution in [2.75, 3.05) is 11.6 Å². The topological polar surface area (TPSA) is 84.0 Å². The molecular formula is C17H17Cl2FN4O2S. The molecule has 0 bridgehead atoms. The van der Waals surface area contributed by atoms with E-state index in [0.29, 0.717) is 11.4 Å². The van der Waals surface area contributed by atoms with E-state index in [4.69, 9.17) is 23.2 Å². The van der Waals surface area contributed by atoms with Gasteiger partial charge in [-0.25, -0.2) is 14.2 Å². The van der Waals surface area contributed by atoms with Crippen LogP contribution in [0.2, 0.25) is 10.3 Å². The van der Waals surface area contributed by atoms with Crippen molar-refractivity contribution in [2.45, 2.75) is 31.6 Å². The zero-order valence-corrected chi connectivity index (χ0v) is 17.3. The van der Waals surface area contributed by atoms with E-state index in [2.05, 4.69) is 20.6 Å². The lowest BCUT2D eigenvalue weighted by atomic mass is 10.1. The van der Waals surface area contributed by atoms with Crippen LogP contribution in [0.25, 0.3) is 0 Å². The summed E-state index contributed by atoms with van der Waals surface area (Å²) in [5, 5.41) is 3.98. The van der Waals surface area contributed by atoms with Crippen molar-refractivity contribution in [3.8, 4) is 0 Å². The summed E-state index contributed by atoms with van der Waals surface area (Å²) < 4.78 is 13.5. The number of aromatic nitrogens is 2. The predicted molar refractivity (Wildman–Crippen MR) is 106 cm³/mol. The van der Waals surface area contributed by atoms with Crippen molar-refractivity contribution in [1.82, 2.24) is 15.3 Å². The van der Waals surface area contributed by atoms with Crippen LogP contribution >= 0.6 is 35.0 Å². The number of rotatable bonds is 4. The minimum atomic E-state index is -0.916. The van der Waals surface area contributed by atoms with Crippen molar-refractivity contribution >= 4 is 52.6 Å². The van der Waals surface area contributed by atoms with Gasteiger partial charge in [0, 0.05) is 10.6 Å². The second-order valence-electron chi connectivity index (χ2n) is 5.89. The highest BCUT2D eigenvalue weighted by atomic mass is 35.5. The molecule has 0 aromatic carbocycles. The second-order valence-corrected chi connectivity index (χ2v) is 7.45. The number of anilines is 1. The number of amides is 3. The fourth-order valence-electron chi connectivity index (χ4n) is 2.29. The number of pyridine rings is 2. The first kappa shape index (κ1) is 21.4. The highest BCUT2D eigenvalue weighted by molar-refractivity contribution is 7.98. The van der Waals surface area contributed by atoms with Crippen LogP contribution in [0.3, 0.4) is 0 Å². The van der Waals surface area contributed by atoms with E-state index >= 15 is 0 Å². The number of halogens is 3. The van der Waals surface area contributed by atoms with Crippen LogP contribution in [0.15, 0.2) is 17.0 Å². The number of carbonyl (C=O) groups is 2. The van der Waals surface area contributed by atoms with E-state index in [0.717, 1.165) is 16.7 Å². The minimum absolute atomic E-state index is 0.0470. The average Bonchev–Trinajstić information content (AvgIpc) is 2.58. The zero-order valence-electron chi connectivity index (χ0n) is 15.0. The third-order valence-corrected chi connectivity index (χ3v) is 4.82. The van der Waals surface area contributed by atoms with Crippen molar-refractivity contribution < 1.29 is 14.0 Å². The molecule has 2 aromatic heterocycles. The van der Waals surface area contributed by atoms with Crippen LogP contribution < -0.4 is 10.6 Å². The predicted octanol–water partition coefficient (Wildman–Crippen LogP) is 5.04. The summed E-state index contributed by atoms with van der Waals surface area (Å²) in [6.45, 7) is 5.76. The fraction of sp³-hybridized carbons (Fsp3) is 0.294. The van der Waals surface area contributed by atoms with E-state index in [1.54, 1.807) is 0 Å². The maximum Gasteiger partial charge on any atom is 0.326 e. The molecule has 0 unspecified atom stereocenters. The number of hydrogen-bond donors (Lipinski definition) is 2. The van der Waals surface area contributed by atoms with Crippen LogP contribution in [-0.4, -0.2) is 28.2 Å². The van der Waals surface area contributed by atoms with E-state index in [1.165, 1.54) is 11.8 Å². The fourth-order valence-corrected chi connectivity index (χ4v) is 3.35. The van der Waals surface area contributed by atoms with Crippen molar-refractivity contribution in [3.63, 3.8) is 0 Å². The van der Waals surface area contributed by atoms with E-state index in [-0.39, 0.29) is 16.6 Å². The SMILES string of the molecule is CSc1cc(C)nc(C(C)C)c1NC(=O)NC(=O)c1cc(F)c(Cl)nc1Cl. The molecule has 2 rings (SSSR count). The van der Waals surface area contributed by atoms with Crippen LogP contribution in [0, 0.1) is 12.7 Å². The van der Waals surface area contributed by atoms with E-state index in [9.17, 15) is 14.0 Å². The standard InChI is InChI=1S/C17H17Cl2FN4O2S/c1-7(2)12-13(11(27-4)5-8(3)21-12)22-17(26)24-16(25)9-6-10(20)15(19)23-14(9)18/h5-7H,1-4H3,(H2,22,24,25,26). The molecule has 27 heavy (non-hydrogen) atoms. The van der Waals surface area contributed by atoms with Crippen LogP contribution in [0.5, 0.6) is 0 Å². The number of thioether (sulfide) groups is 1. The maximum atomic E-state index is 13.5. The Morgan fingerprint density at radius 1 is 1.19 bits per heavy atom. The highest BCUT2D eigenvalue weighted by Crippen LogP contribution is 2.32. The Kier molecular flexibility index (Phi) is 7.02. The number of aryl methyl sites for hydroxylation is 1. The Morgan fingerprint density at radius 2 is 1.85 bits per heavy atom. The van der Waals surface area contributed by atoms with Crippen LogP contribution in [0.1, 0.15) is 41.5 Å². The Labute approximate surface area is 170 Å². The molecule has 0 atom stereocenters. The van der Waals surface area contributed by atoms with Gasteiger partial charge in [0.25, 0.3) is 5.91 Å². The Hall–Kier alpha value is -1.90. The molecule has 10 heteroatoms. The van der Waals surface area contributed by atoms with Gasteiger partial charge in [-0.2, -0.15) is 0 Å². The van der Waals surface area contributed by atoms with Crippen molar-refractivity contribution in [1.29, 1.82) is 0 Å². The van der Waals surface area contributed by atoms with E-state index < -0.39 is 22.9 Å². The lowest BCUT2D eigenvalue weighted by Gasteiger charge is -2.17. The average molecular weight is 431 g/mol. The summed E-state index contributed by atoms with van der Waals surface area (Å²) in [4.78, 5) is 33.3. The second kappa shape index (κ2) is 8.86. The summed E-state index contributed by atoms with van der Waals surface area (Å²) in [6.07, 6.45) is 1.87. The zero-order chi connectivity index (χ0) is 20.3. The Bertz CT molecular complexity index is 909. The van der Waals surface area contributed by atoms with Gasteiger partial charge in [-0.15, -0.1) is 11.8 Å². The largest absolute Gasteiger partial charge is 0.326 e. The summed E-state index contributed by atoms with van der Waals surface area (Å²) in [7, 11) is 0. The van der Waals surface area contributed by atoms with Gasteiger partial charge in [0.15, 0.2) is 11.0 Å². The molecular weight excluding hydrogens is 414 g/mol. The molecule has 2 heterocycles. The number of nitrogens with zero attached hydrogens (tertiary/aromatic N) is 2. The molecule has 0 saturated carbocycles. The van der Waals surface area contributed by atoms with Gasteiger partial charge in [0.2, 0.25) is 0 Å². The highest BCUT2D eigenvalue weighted by Gasteiger charge is 2.20. The molecule has 0 spiro atoms. The van der Waals surface area contributed by atoms with Crippen molar-refractivity contribution in [2.24, 2.45) is 0 Å². The Morgan fingerprint density at radius 3 is 2.44 bits per heavy atom. The van der Waals surface area contributed by atoms with Gasteiger partial charge in [-0.05, 0) is 31.2 Å². The van der Waals surface area contributed by atoms with Gasteiger partial charge in [0.05, 0.1) is 16.9 Å². The Balaban J connectivity index is 2.26. The normalized spacial score (nSPS) is 10.8. The third-order valence-electron chi connectivity index (χ3n) is 3.50. The van der Waals surface area contributed by atoms with Gasteiger partial charge in [0.1, 0.15) is 5.15 Å². The molecule has 144 valence electrons. The van der Waals surface area contributed by atoms with Crippen LogP contribution in [0.4, 0.5) is 14.9 Å². The molecule has 2 aromatic rings. The molecule has 0 fully saturated rings. The molecule has 3 amide bonds. The van der Waals surface area contributed by atoms with Crippen molar-refractivity contribution in [3.05, 3.63) is 45.2 Å². The van der Waals surface area contributed by atoms with E-state index in [1.807, 2.05) is 33.1 Å². The number of carbonyl (C=O) groups excluding carboxylic acids is 2. The monoisotopic (exact) mass is 430 g/mol. The number of nitrogens with one attached hydrogen (secondary N) is 2. The molecule has 2 N–H and O–H groups in total. The van der Waals surface area contributed by atoms with Gasteiger partial charge >= 0.3 is 6.03 Å². The lowest BCUT2D eigenvalue weighted by Crippen LogP contribution is -2.35. The molecule has 0 aliphatic heterocycles. The first-order chi connectivity index (χ1) is 12.6. The number of imide groups is 1. The molecule has 0 saturated heterocycles. The minimum Gasteiger partial charge on any atom is -0.305 e.